The molecule has 2 heteroatoms. The number of rotatable bonds is 3. The van der Waals surface area contributed by atoms with Crippen molar-refractivity contribution in [2.75, 3.05) is 0 Å². The minimum absolute atomic E-state index is 0.0643. The van der Waals surface area contributed by atoms with Crippen LogP contribution in [0.15, 0.2) is 23.3 Å². The van der Waals surface area contributed by atoms with Gasteiger partial charge in [-0.25, -0.2) is 0 Å². The Morgan fingerprint density at radius 1 is 0.917 bits per heavy atom. The van der Waals surface area contributed by atoms with E-state index in [1.165, 1.54) is 19.1 Å². The molecule has 0 aliphatic rings. The standard InChI is InChI=1S/C10H14O2/c1-7(2)5-10(12)6-8(3)9(4)11/h5-6H,1-4H3/b8-6-. The second kappa shape index (κ2) is 4.65. The Hall–Kier alpha value is -1.18. The van der Waals surface area contributed by atoms with E-state index in [1.807, 2.05) is 13.8 Å². The number of carbonyl (C=O) groups is 2. The number of Topliss-reactive ketones (excluding diaryl/α,β-unsaturated/α-hetero) is 1. The zero-order chi connectivity index (χ0) is 9.72. The minimum atomic E-state index is -0.122. The van der Waals surface area contributed by atoms with Crippen LogP contribution in [-0.4, -0.2) is 11.6 Å². The molecule has 2 nitrogen and oxygen atoms in total. The fourth-order valence-corrected chi connectivity index (χ4v) is 0.641. The number of hydrogen-bond donors (Lipinski definition) is 0. The van der Waals surface area contributed by atoms with Gasteiger partial charge < -0.3 is 0 Å². The molecule has 0 saturated heterocycles. The van der Waals surface area contributed by atoms with Crippen molar-refractivity contribution in [2.24, 2.45) is 0 Å². The first-order chi connectivity index (χ1) is 5.43. The third kappa shape index (κ3) is 4.61. The summed E-state index contributed by atoms with van der Waals surface area (Å²) < 4.78 is 0. The Bertz CT molecular complexity index is 253. The lowest BCUT2D eigenvalue weighted by Gasteiger charge is -1.91. The van der Waals surface area contributed by atoms with Gasteiger partial charge in [0.15, 0.2) is 11.6 Å². The van der Waals surface area contributed by atoms with Gasteiger partial charge in [0.25, 0.3) is 0 Å². The molecule has 0 saturated carbocycles. The van der Waals surface area contributed by atoms with E-state index in [0.717, 1.165) is 5.57 Å². The van der Waals surface area contributed by atoms with Crippen LogP contribution in [0.25, 0.3) is 0 Å². The van der Waals surface area contributed by atoms with Crippen LogP contribution in [0.1, 0.15) is 27.7 Å². The Morgan fingerprint density at radius 3 is 1.75 bits per heavy atom. The molecule has 0 atom stereocenters. The highest BCUT2D eigenvalue weighted by atomic mass is 16.1. The zero-order valence-electron chi connectivity index (χ0n) is 7.97. The lowest BCUT2D eigenvalue weighted by molar-refractivity contribution is -0.114. The van der Waals surface area contributed by atoms with Crippen molar-refractivity contribution >= 4 is 11.6 Å². The molecule has 0 rings (SSSR count). The maximum atomic E-state index is 11.1. The van der Waals surface area contributed by atoms with Crippen molar-refractivity contribution < 1.29 is 9.59 Å². The van der Waals surface area contributed by atoms with Crippen LogP contribution in [0, 0.1) is 0 Å². The second-order valence-electron chi connectivity index (χ2n) is 3.01. The van der Waals surface area contributed by atoms with E-state index in [-0.39, 0.29) is 11.6 Å². The Kier molecular flexibility index (Phi) is 4.19. The first kappa shape index (κ1) is 10.8. The fraction of sp³-hybridized carbons (Fsp3) is 0.400. The molecule has 0 aliphatic carbocycles. The predicted octanol–water partition coefficient (Wildman–Crippen LogP) is 2.06. The van der Waals surface area contributed by atoms with E-state index in [4.69, 9.17) is 0 Å². The molecule has 0 unspecified atom stereocenters. The van der Waals surface area contributed by atoms with Crippen LogP contribution >= 0.6 is 0 Å². The van der Waals surface area contributed by atoms with E-state index in [9.17, 15) is 9.59 Å². The summed E-state index contributed by atoms with van der Waals surface area (Å²) in [6.07, 6.45) is 2.86. The smallest absolute Gasteiger partial charge is 0.178 e. The van der Waals surface area contributed by atoms with E-state index >= 15 is 0 Å². The van der Waals surface area contributed by atoms with Crippen LogP contribution in [0.4, 0.5) is 0 Å². The fourth-order valence-electron chi connectivity index (χ4n) is 0.641. The molecule has 0 aromatic heterocycles. The molecule has 0 radical (unpaired) electrons. The predicted molar refractivity (Wildman–Crippen MR) is 48.9 cm³/mol. The van der Waals surface area contributed by atoms with Gasteiger partial charge in [-0.1, -0.05) is 5.57 Å². The van der Waals surface area contributed by atoms with Crippen LogP contribution in [-0.2, 0) is 9.59 Å². The zero-order valence-corrected chi connectivity index (χ0v) is 7.97. The average Bonchev–Trinajstić information content (AvgIpc) is 1.84. The lowest BCUT2D eigenvalue weighted by Crippen LogP contribution is -1.96. The maximum absolute atomic E-state index is 11.1. The number of hydrogen-bond acceptors (Lipinski definition) is 2. The molecule has 0 aromatic rings. The van der Waals surface area contributed by atoms with Crippen LogP contribution in [0.2, 0.25) is 0 Å². The summed E-state index contributed by atoms with van der Waals surface area (Å²) in [5.74, 6) is -0.187. The summed E-state index contributed by atoms with van der Waals surface area (Å²) in [6, 6.07) is 0. The Balaban J connectivity index is 4.46. The van der Waals surface area contributed by atoms with Gasteiger partial charge in [-0.2, -0.15) is 0 Å². The first-order valence-electron chi connectivity index (χ1n) is 3.81. The van der Waals surface area contributed by atoms with E-state index in [2.05, 4.69) is 0 Å². The van der Waals surface area contributed by atoms with Crippen LogP contribution in [0.3, 0.4) is 0 Å². The summed E-state index contributed by atoms with van der Waals surface area (Å²) in [5.41, 5.74) is 1.44. The topological polar surface area (TPSA) is 34.1 Å². The maximum Gasteiger partial charge on any atom is 0.178 e. The number of allylic oxidation sites excluding steroid dienone is 4. The van der Waals surface area contributed by atoms with Crippen LogP contribution in [0.5, 0.6) is 0 Å². The molecule has 66 valence electrons. The van der Waals surface area contributed by atoms with Crippen molar-refractivity contribution in [3.05, 3.63) is 23.3 Å². The Labute approximate surface area is 73.0 Å². The Morgan fingerprint density at radius 2 is 1.42 bits per heavy atom. The van der Waals surface area contributed by atoms with Gasteiger partial charge in [0.2, 0.25) is 0 Å². The highest BCUT2D eigenvalue weighted by Crippen LogP contribution is 1.97. The molecule has 0 fully saturated rings. The summed E-state index contributed by atoms with van der Waals surface area (Å²) in [7, 11) is 0. The summed E-state index contributed by atoms with van der Waals surface area (Å²) >= 11 is 0. The van der Waals surface area contributed by atoms with Crippen molar-refractivity contribution in [1.82, 2.24) is 0 Å². The summed E-state index contributed by atoms with van der Waals surface area (Å²) in [4.78, 5) is 21.8. The lowest BCUT2D eigenvalue weighted by atomic mass is 10.1. The molecule has 0 heterocycles. The van der Waals surface area contributed by atoms with E-state index < -0.39 is 0 Å². The SMILES string of the molecule is CC(=O)/C(C)=C\C(=O)C=C(C)C. The molecule has 12 heavy (non-hydrogen) atoms. The first-order valence-corrected chi connectivity index (χ1v) is 3.81. The second-order valence-corrected chi connectivity index (χ2v) is 3.01. The van der Waals surface area contributed by atoms with E-state index in [1.54, 1.807) is 6.92 Å². The largest absolute Gasteiger partial charge is 0.295 e. The van der Waals surface area contributed by atoms with Gasteiger partial charge >= 0.3 is 0 Å². The summed E-state index contributed by atoms with van der Waals surface area (Å²) in [6.45, 7) is 6.77. The molecular weight excluding hydrogens is 152 g/mol. The van der Waals surface area contributed by atoms with Crippen molar-refractivity contribution in [2.45, 2.75) is 27.7 Å². The van der Waals surface area contributed by atoms with Gasteiger partial charge in [-0.05, 0) is 45.4 Å². The van der Waals surface area contributed by atoms with Gasteiger partial charge in [0.05, 0.1) is 0 Å². The monoisotopic (exact) mass is 166 g/mol. The quantitative estimate of drug-likeness (QED) is 0.601. The average molecular weight is 166 g/mol. The normalized spacial score (nSPS) is 10.8. The molecule has 0 aliphatic heterocycles. The van der Waals surface area contributed by atoms with Gasteiger partial charge in [-0.15, -0.1) is 0 Å². The highest BCUT2D eigenvalue weighted by Gasteiger charge is 1.98. The number of carbonyl (C=O) groups excluding carboxylic acids is 2. The van der Waals surface area contributed by atoms with E-state index in [0.29, 0.717) is 5.57 Å². The third-order valence-electron chi connectivity index (χ3n) is 1.35. The van der Waals surface area contributed by atoms with Gasteiger partial charge in [0, 0.05) is 0 Å². The summed E-state index contributed by atoms with van der Waals surface area (Å²) in [5, 5.41) is 0. The molecule has 0 spiro atoms. The van der Waals surface area contributed by atoms with Crippen molar-refractivity contribution in [3.63, 3.8) is 0 Å². The molecule has 0 aromatic carbocycles. The molecule has 0 bridgehead atoms. The molecule has 0 amide bonds. The van der Waals surface area contributed by atoms with Crippen LogP contribution < -0.4 is 0 Å². The molecule has 0 N–H and O–H groups in total. The van der Waals surface area contributed by atoms with Gasteiger partial charge in [0.1, 0.15) is 0 Å². The van der Waals surface area contributed by atoms with Gasteiger partial charge in [-0.3, -0.25) is 9.59 Å². The minimum Gasteiger partial charge on any atom is -0.295 e. The highest BCUT2D eigenvalue weighted by molar-refractivity contribution is 6.06. The molecular formula is C10H14O2. The number of ketones is 2. The third-order valence-corrected chi connectivity index (χ3v) is 1.35. The van der Waals surface area contributed by atoms with Crippen molar-refractivity contribution in [1.29, 1.82) is 0 Å². The van der Waals surface area contributed by atoms with Crippen molar-refractivity contribution in [3.8, 4) is 0 Å².